The quantitative estimate of drug-likeness (QED) is 0.682. The van der Waals surface area contributed by atoms with Crippen LogP contribution in [0.1, 0.15) is 13.8 Å². The third-order valence-corrected chi connectivity index (χ3v) is 4.13. The van der Waals surface area contributed by atoms with Gasteiger partial charge < -0.3 is 5.32 Å². The topological polar surface area (TPSA) is 24.9 Å². The standard InChI is InChI=1S/C18H17BrN2/c1-12(2)20-18-15-11-7-6-10-14(15)16(19)17(21-18)13-8-4-3-5-9-13/h3-12H,1-2H3,(H,20,21). The lowest BCUT2D eigenvalue weighted by Gasteiger charge is -2.16. The Kier molecular flexibility index (Phi) is 3.93. The van der Waals surface area contributed by atoms with Crippen molar-refractivity contribution >= 4 is 32.5 Å². The van der Waals surface area contributed by atoms with Crippen molar-refractivity contribution in [3.63, 3.8) is 0 Å². The molecule has 0 aliphatic carbocycles. The molecule has 0 fully saturated rings. The zero-order valence-corrected chi connectivity index (χ0v) is 13.7. The minimum atomic E-state index is 0.339. The average molecular weight is 341 g/mol. The van der Waals surface area contributed by atoms with Crippen molar-refractivity contribution in [2.45, 2.75) is 19.9 Å². The van der Waals surface area contributed by atoms with Gasteiger partial charge in [0, 0.05) is 22.4 Å². The van der Waals surface area contributed by atoms with E-state index in [4.69, 9.17) is 4.98 Å². The molecule has 1 aromatic heterocycles. The molecule has 0 aliphatic rings. The van der Waals surface area contributed by atoms with Gasteiger partial charge in [-0.2, -0.15) is 0 Å². The summed E-state index contributed by atoms with van der Waals surface area (Å²) >= 11 is 3.73. The van der Waals surface area contributed by atoms with E-state index in [1.165, 1.54) is 5.39 Å². The van der Waals surface area contributed by atoms with E-state index in [0.717, 1.165) is 26.9 Å². The normalized spacial score (nSPS) is 11.0. The molecule has 3 heteroatoms. The van der Waals surface area contributed by atoms with E-state index in [-0.39, 0.29) is 0 Å². The summed E-state index contributed by atoms with van der Waals surface area (Å²) in [5.74, 6) is 0.933. The van der Waals surface area contributed by atoms with E-state index >= 15 is 0 Å². The second kappa shape index (κ2) is 5.86. The third-order valence-electron chi connectivity index (χ3n) is 3.32. The number of rotatable bonds is 3. The third kappa shape index (κ3) is 2.79. The number of nitrogens with zero attached hydrogens (tertiary/aromatic N) is 1. The van der Waals surface area contributed by atoms with Crippen molar-refractivity contribution in [3.8, 4) is 11.3 Å². The summed E-state index contributed by atoms with van der Waals surface area (Å²) in [6.45, 7) is 4.25. The van der Waals surface area contributed by atoms with Crippen molar-refractivity contribution in [2.75, 3.05) is 5.32 Å². The van der Waals surface area contributed by atoms with E-state index in [0.29, 0.717) is 6.04 Å². The fraction of sp³-hybridized carbons (Fsp3) is 0.167. The van der Waals surface area contributed by atoms with Gasteiger partial charge in [-0.25, -0.2) is 4.98 Å². The predicted octanol–water partition coefficient (Wildman–Crippen LogP) is 5.48. The van der Waals surface area contributed by atoms with Gasteiger partial charge in [-0.05, 0) is 29.8 Å². The Bertz CT molecular complexity index is 767. The number of fused-ring (bicyclic) bond motifs is 1. The number of pyridine rings is 1. The summed E-state index contributed by atoms with van der Waals surface area (Å²) in [5.41, 5.74) is 2.08. The maximum atomic E-state index is 4.85. The van der Waals surface area contributed by atoms with Crippen molar-refractivity contribution in [3.05, 3.63) is 59.1 Å². The summed E-state index contributed by atoms with van der Waals surface area (Å²) in [7, 11) is 0. The molecule has 3 rings (SSSR count). The Morgan fingerprint density at radius 2 is 1.52 bits per heavy atom. The summed E-state index contributed by atoms with van der Waals surface area (Å²) in [6.07, 6.45) is 0. The zero-order chi connectivity index (χ0) is 14.8. The number of benzene rings is 2. The fourth-order valence-electron chi connectivity index (χ4n) is 2.40. The largest absolute Gasteiger partial charge is 0.367 e. The molecule has 21 heavy (non-hydrogen) atoms. The highest BCUT2D eigenvalue weighted by molar-refractivity contribution is 9.10. The molecule has 2 aromatic carbocycles. The van der Waals surface area contributed by atoms with Crippen molar-refractivity contribution in [2.24, 2.45) is 0 Å². The van der Waals surface area contributed by atoms with Crippen molar-refractivity contribution in [1.82, 2.24) is 4.98 Å². The smallest absolute Gasteiger partial charge is 0.134 e. The lowest BCUT2D eigenvalue weighted by atomic mass is 10.1. The van der Waals surface area contributed by atoms with Crippen LogP contribution in [0.25, 0.3) is 22.0 Å². The molecular formula is C18H17BrN2. The van der Waals surface area contributed by atoms with Crippen LogP contribution in [-0.2, 0) is 0 Å². The van der Waals surface area contributed by atoms with Crippen LogP contribution in [0.4, 0.5) is 5.82 Å². The van der Waals surface area contributed by atoms with E-state index in [1.807, 2.05) is 24.3 Å². The monoisotopic (exact) mass is 340 g/mol. The van der Waals surface area contributed by atoms with Gasteiger partial charge >= 0.3 is 0 Å². The molecule has 0 atom stereocenters. The first-order chi connectivity index (χ1) is 10.2. The Labute approximate surface area is 133 Å². The number of halogens is 1. The second-order valence-electron chi connectivity index (χ2n) is 5.33. The first kappa shape index (κ1) is 14.1. The van der Waals surface area contributed by atoms with Gasteiger partial charge in [-0.3, -0.25) is 0 Å². The minimum absolute atomic E-state index is 0.339. The van der Waals surface area contributed by atoms with Gasteiger partial charge in [0.2, 0.25) is 0 Å². The Hall–Kier alpha value is -1.87. The molecule has 0 spiro atoms. The number of nitrogens with one attached hydrogen (secondary N) is 1. The number of hydrogen-bond donors (Lipinski definition) is 1. The molecule has 0 aliphatic heterocycles. The van der Waals surface area contributed by atoms with Gasteiger partial charge in [0.1, 0.15) is 5.82 Å². The van der Waals surface area contributed by atoms with Gasteiger partial charge in [0.25, 0.3) is 0 Å². The Morgan fingerprint density at radius 3 is 2.19 bits per heavy atom. The van der Waals surface area contributed by atoms with Crippen LogP contribution < -0.4 is 5.32 Å². The molecule has 1 heterocycles. The molecular weight excluding hydrogens is 324 g/mol. The number of anilines is 1. The van der Waals surface area contributed by atoms with Crippen molar-refractivity contribution in [1.29, 1.82) is 0 Å². The molecule has 2 nitrogen and oxygen atoms in total. The highest BCUT2D eigenvalue weighted by Crippen LogP contribution is 2.36. The molecule has 0 saturated heterocycles. The highest BCUT2D eigenvalue weighted by atomic mass is 79.9. The summed E-state index contributed by atoms with van der Waals surface area (Å²) in [4.78, 5) is 4.85. The highest BCUT2D eigenvalue weighted by Gasteiger charge is 2.13. The van der Waals surface area contributed by atoms with Gasteiger partial charge in [-0.15, -0.1) is 0 Å². The van der Waals surface area contributed by atoms with Crippen LogP contribution >= 0.6 is 15.9 Å². The molecule has 0 radical (unpaired) electrons. The second-order valence-corrected chi connectivity index (χ2v) is 6.13. The zero-order valence-electron chi connectivity index (χ0n) is 12.1. The maximum absolute atomic E-state index is 4.85. The van der Waals surface area contributed by atoms with Gasteiger partial charge in [0.15, 0.2) is 0 Å². The lowest BCUT2D eigenvalue weighted by Crippen LogP contribution is -2.12. The van der Waals surface area contributed by atoms with E-state index < -0.39 is 0 Å². The summed E-state index contributed by atoms with van der Waals surface area (Å²) in [5, 5.41) is 5.77. The Balaban J connectivity index is 2.28. The SMILES string of the molecule is CC(C)Nc1nc(-c2ccccc2)c(Br)c2ccccc12. The van der Waals surface area contributed by atoms with E-state index in [9.17, 15) is 0 Å². The minimum Gasteiger partial charge on any atom is -0.367 e. The summed E-state index contributed by atoms with van der Waals surface area (Å²) in [6, 6.07) is 18.9. The Morgan fingerprint density at radius 1 is 0.905 bits per heavy atom. The molecule has 106 valence electrons. The van der Waals surface area contributed by atoms with Crippen LogP contribution in [0.5, 0.6) is 0 Å². The van der Waals surface area contributed by atoms with E-state index in [1.54, 1.807) is 0 Å². The van der Waals surface area contributed by atoms with Crippen LogP contribution in [-0.4, -0.2) is 11.0 Å². The molecule has 0 bridgehead atoms. The predicted molar refractivity (Wildman–Crippen MR) is 93.6 cm³/mol. The van der Waals surface area contributed by atoms with Crippen LogP contribution in [0.3, 0.4) is 0 Å². The molecule has 3 aromatic rings. The molecule has 0 amide bonds. The van der Waals surface area contributed by atoms with Crippen molar-refractivity contribution < 1.29 is 0 Å². The van der Waals surface area contributed by atoms with Gasteiger partial charge in [-0.1, -0.05) is 54.6 Å². The number of hydrogen-bond acceptors (Lipinski definition) is 2. The van der Waals surface area contributed by atoms with Crippen LogP contribution in [0.2, 0.25) is 0 Å². The molecule has 0 unspecified atom stereocenters. The first-order valence-corrected chi connectivity index (χ1v) is 7.86. The summed E-state index contributed by atoms with van der Waals surface area (Å²) < 4.78 is 1.04. The maximum Gasteiger partial charge on any atom is 0.134 e. The van der Waals surface area contributed by atoms with E-state index in [2.05, 4.69) is 65.4 Å². The van der Waals surface area contributed by atoms with Gasteiger partial charge in [0.05, 0.1) is 10.2 Å². The fourth-order valence-corrected chi connectivity index (χ4v) is 3.06. The van der Waals surface area contributed by atoms with Crippen LogP contribution in [0.15, 0.2) is 59.1 Å². The lowest BCUT2D eigenvalue weighted by molar-refractivity contribution is 0.892. The molecule has 1 N–H and O–H groups in total. The van der Waals surface area contributed by atoms with Crippen LogP contribution in [0, 0.1) is 0 Å². The average Bonchev–Trinajstić information content (AvgIpc) is 2.51. The molecule has 0 saturated carbocycles. The first-order valence-electron chi connectivity index (χ1n) is 7.07. The number of aromatic nitrogens is 1.